The van der Waals surface area contributed by atoms with Gasteiger partial charge in [-0.15, -0.1) is 0 Å². The van der Waals surface area contributed by atoms with E-state index in [0.29, 0.717) is 18.8 Å². The van der Waals surface area contributed by atoms with E-state index in [1.54, 1.807) is 11.3 Å². The first kappa shape index (κ1) is 14.1. The van der Waals surface area contributed by atoms with Gasteiger partial charge in [-0.05, 0) is 54.0 Å². The third-order valence-corrected chi connectivity index (χ3v) is 4.61. The first-order valence-corrected chi connectivity index (χ1v) is 7.24. The standard InChI is InChI=1S/C14H18O4S/c1-17-12(15)14(13(16)18-2)5-3-10(8-14)7-11-4-6-19-9-11/h4,6,9-10H,3,5,7-8H2,1-2H3. The number of methoxy groups -OCH3 is 2. The van der Waals surface area contributed by atoms with Gasteiger partial charge >= 0.3 is 11.9 Å². The first-order valence-electron chi connectivity index (χ1n) is 6.30. The van der Waals surface area contributed by atoms with E-state index in [4.69, 9.17) is 9.47 Å². The van der Waals surface area contributed by atoms with E-state index in [2.05, 4.69) is 11.4 Å². The van der Waals surface area contributed by atoms with Crippen LogP contribution in [0.5, 0.6) is 0 Å². The van der Waals surface area contributed by atoms with Gasteiger partial charge in [0.05, 0.1) is 14.2 Å². The van der Waals surface area contributed by atoms with Gasteiger partial charge in [0.15, 0.2) is 5.41 Å². The van der Waals surface area contributed by atoms with Gasteiger partial charge in [-0.2, -0.15) is 11.3 Å². The zero-order valence-electron chi connectivity index (χ0n) is 11.2. The number of carbonyl (C=O) groups excluding carboxylic acids is 2. The summed E-state index contributed by atoms with van der Waals surface area (Å²) < 4.78 is 9.61. The molecule has 5 heteroatoms. The van der Waals surface area contributed by atoms with E-state index in [1.165, 1.54) is 19.8 Å². The Bertz CT molecular complexity index is 436. The predicted octanol–water partition coefficient (Wildman–Crippen LogP) is 2.42. The largest absolute Gasteiger partial charge is 0.468 e. The molecule has 0 saturated heterocycles. The Morgan fingerprint density at radius 3 is 2.58 bits per heavy atom. The smallest absolute Gasteiger partial charge is 0.323 e. The number of ether oxygens (including phenoxy) is 2. The predicted molar refractivity (Wildman–Crippen MR) is 71.8 cm³/mol. The number of hydrogen-bond acceptors (Lipinski definition) is 5. The molecule has 2 rings (SSSR count). The molecule has 1 fully saturated rings. The van der Waals surface area contributed by atoms with Gasteiger partial charge in [0, 0.05) is 0 Å². The lowest BCUT2D eigenvalue weighted by atomic mass is 9.84. The lowest BCUT2D eigenvalue weighted by molar-refractivity contribution is -0.168. The van der Waals surface area contributed by atoms with Gasteiger partial charge in [-0.25, -0.2) is 0 Å². The summed E-state index contributed by atoms with van der Waals surface area (Å²) in [5.41, 5.74) is 0.171. The summed E-state index contributed by atoms with van der Waals surface area (Å²) in [6, 6.07) is 2.08. The van der Waals surface area contributed by atoms with Crippen molar-refractivity contribution >= 4 is 23.3 Å². The number of rotatable bonds is 4. The second-order valence-electron chi connectivity index (χ2n) is 5.01. The number of hydrogen-bond donors (Lipinski definition) is 0. The van der Waals surface area contributed by atoms with Crippen molar-refractivity contribution in [2.75, 3.05) is 14.2 Å². The molecule has 0 aliphatic heterocycles. The summed E-state index contributed by atoms with van der Waals surface area (Å²) in [7, 11) is 2.64. The highest BCUT2D eigenvalue weighted by molar-refractivity contribution is 7.07. The Labute approximate surface area is 116 Å². The minimum Gasteiger partial charge on any atom is -0.468 e. The SMILES string of the molecule is COC(=O)C1(C(=O)OC)CCC(Cc2ccsc2)C1. The number of thiophene rings is 1. The molecule has 1 saturated carbocycles. The van der Waals surface area contributed by atoms with Crippen LogP contribution in [0.25, 0.3) is 0 Å². The molecule has 104 valence electrons. The van der Waals surface area contributed by atoms with Gasteiger partial charge < -0.3 is 9.47 Å². The molecular weight excluding hydrogens is 264 g/mol. The Morgan fingerprint density at radius 2 is 2.05 bits per heavy atom. The fourth-order valence-electron chi connectivity index (χ4n) is 2.91. The van der Waals surface area contributed by atoms with Crippen molar-refractivity contribution in [3.63, 3.8) is 0 Å². The topological polar surface area (TPSA) is 52.6 Å². The molecule has 0 amide bonds. The van der Waals surface area contributed by atoms with Crippen LogP contribution in [0.15, 0.2) is 16.8 Å². The van der Waals surface area contributed by atoms with Crippen LogP contribution >= 0.6 is 11.3 Å². The fourth-order valence-corrected chi connectivity index (χ4v) is 3.59. The third-order valence-electron chi connectivity index (χ3n) is 3.87. The molecule has 0 radical (unpaired) electrons. The van der Waals surface area contributed by atoms with Crippen LogP contribution in [0, 0.1) is 11.3 Å². The normalized spacial score (nSPS) is 21.1. The van der Waals surface area contributed by atoms with Crippen molar-refractivity contribution in [3.05, 3.63) is 22.4 Å². The average Bonchev–Trinajstić information content (AvgIpc) is 3.07. The van der Waals surface area contributed by atoms with E-state index in [9.17, 15) is 9.59 Å². The van der Waals surface area contributed by atoms with Crippen LogP contribution in [0.3, 0.4) is 0 Å². The Hall–Kier alpha value is -1.36. The first-order chi connectivity index (χ1) is 9.12. The molecule has 0 bridgehead atoms. The van der Waals surface area contributed by atoms with Crippen LogP contribution in [0.4, 0.5) is 0 Å². The number of esters is 2. The summed E-state index contributed by atoms with van der Waals surface area (Å²) in [4.78, 5) is 23.9. The molecule has 19 heavy (non-hydrogen) atoms. The van der Waals surface area contributed by atoms with Crippen molar-refractivity contribution < 1.29 is 19.1 Å². The van der Waals surface area contributed by atoms with E-state index in [0.717, 1.165) is 12.8 Å². The van der Waals surface area contributed by atoms with E-state index in [-0.39, 0.29) is 0 Å². The maximum Gasteiger partial charge on any atom is 0.323 e. The minimum absolute atomic E-state index is 0.327. The molecule has 1 aliphatic rings. The molecule has 0 aromatic carbocycles. The van der Waals surface area contributed by atoms with Gasteiger partial charge in [-0.1, -0.05) is 0 Å². The molecule has 0 N–H and O–H groups in total. The Morgan fingerprint density at radius 1 is 1.37 bits per heavy atom. The van der Waals surface area contributed by atoms with Crippen molar-refractivity contribution in [1.82, 2.24) is 0 Å². The monoisotopic (exact) mass is 282 g/mol. The van der Waals surface area contributed by atoms with Crippen molar-refractivity contribution in [1.29, 1.82) is 0 Å². The van der Waals surface area contributed by atoms with Gasteiger partial charge in [0.2, 0.25) is 0 Å². The molecule has 1 aliphatic carbocycles. The summed E-state index contributed by atoms with van der Waals surface area (Å²) in [6.45, 7) is 0. The molecule has 1 aromatic heterocycles. The van der Waals surface area contributed by atoms with E-state index < -0.39 is 17.4 Å². The molecular formula is C14H18O4S. The molecule has 1 aromatic rings. The summed E-state index contributed by atoms with van der Waals surface area (Å²) >= 11 is 1.66. The van der Waals surface area contributed by atoms with Crippen molar-refractivity contribution in [2.45, 2.75) is 25.7 Å². The lowest BCUT2D eigenvalue weighted by Crippen LogP contribution is -2.39. The highest BCUT2D eigenvalue weighted by atomic mass is 32.1. The lowest BCUT2D eigenvalue weighted by Gasteiger charge is -2.23. The Balaban J connectivity index is 2.11. The summed E-state index contributed by atoms with van der Waals surface area (Å²) in [5.74, 6) is -0.605. The molecule has 1 atom stereocenters. The van der Waals surface area contributed by atoms with Gasteiger partial charge in [-0.3, -0.25) is 9.59 Å². The molecule has 1 unspecified atom stereocenters. The van der Waals surface area contributed by atoms with Crippen molar-refractivity contribution in [3.8, 4) is 0 Å². The molecule has 4 nitrogen and oxygen atoms in total. The second-order valence-corrected chi connectivity index (χ2v) is 5.79. The van der Waals surface area contributed by atoms with Crippen LogP contribution in [-0.4, -0.2) is 26.2 Å². The highest BCUT2D eigenvalue weighted by Gasteiger charge is 2.53. The quantitative estimate of drug-likeness (QED) is 0.628. The van der Waals surface area contributed by atoms with Crippen molar-refractivity contribution in [2.24, 2.45) is 11.3 Å². The third kappa shape index (κ3) is 2.66. The number of carbonyl (C=O) groups is 2. The molecule has 0 spiro atoms. The minimum atomic E-state index is -1.09. The zero-order valence-corrected chi connectivity index (χ0v) is 12.0. The maximum atomic E-state index is 12.0. The van der Waals surface area contributed by atoms with Crippen LogP contribution in [-0.2, 0) is 25.5 Å². The molecule has 1 heterocycles. The average molecular weight is 282 g/mol. The highest BCUT2D eigenvalue weighted by Crippen LogP contribution is 2.45. The van der Waals surface area contributed by atoms with E-state index in [1.807, 2.05) is 5.38 Å². The maximum absolute atomic E-state index is 12.0. The van der Waals surface area contributed by atoms with Crippen LogP contribution in [0.2, 0.25) is 0 Å². The van der Waals surface area contributed by atoms with E-state index >= 15 is 0 Å². The Kier molecular flexibility index (Phi) is 4.24. The fraction of sp³-hybridized carbons (Fsp3) is 0.571. The van der Waals surface area contributed by atoms with Gasteiger partial charge in [0.1, 0.15) is 0 Å². The van der Waals surface area contributed by atoms with Crippen LogP contribution < -0.4 is 0 Å². The van der Waals surface area contributed by atoms with Gasteiger partial charge in [0.25, 0.3) is 0 Å². The summed E-state index contributed by atoms with van der Waals surface area (Å²) in [6.07, 6.45) is 2.78. The summed E-state index contributed by atoms with van der Waals surface area (Å²) in [5, 5.41) is 4.15. The zero-order chi connectivity index (χ0) is 13.9. The van der Waals surface area contributed by atoms with Crippen LogP contribution in [0.1, 0.15) is 24.8 Å². The second kappa shape index (κ2) is 5.74.